The Balaban J connectivity index is 2.13. The Labute approximate surface area is 162 Å². The maximum atomic E-state index is 12.6. The van der Waals surface area contributed by atoms with E-state index in [0.29, 0.717) is 12.0 Å². The van der Waals surface area contributed by atoms with Crippen molar-refractivity contribution >= 4 is 27.7 Å². The van der Waals surface area contributed by atoms with Crippen LogP contribution < -0.4 is 0 Å². The number of carbonyl (C=O) groups is 2. The molecule has 0 saturated carbocycles. The van der Waals surface area contributed by atoms with Crippen LogP contribution in [-0.2, 0) is 19.1 Å². The van der Waals surface area contributed by atoms with Crippen molar-refractivity contribution in [3.63, 3.8) is 0 Å². The highest BCUT2D eigenvalue weighted by Gasteiger charge is 2.52. The SMILES string of the molecule is C=C(C)[C@H]1CC(=O)C(C)=C2[C@@H](C(=O)OCC)O[C@@H](c3cccc(Br)c3)[C@@H]21. The molecule has 1 aliphatic heterocycles. The zero-order valence-corrected chi connectivity index (χ0v) is 16.8. The number of Topliss-reactive ketones (excluding diaryl/α,β-unsaturated/α-hetero) is 1. The largest absolute Gasteiger partial charge is 0.464 e. The number of fused-ring (bicyclic) bond motifs is 1. The van der Waals surface area contributed by atoms with E-state index in [1.165, 1.54) is 0 Å². The van der Waals surface area contributed by atoms with Gasteiger partial charge in [0.2, 0.25) is 0 Å². The van der Waals surface area contributed by atoms with Crippen LogP contribution in [-0.4, -0.2) is 24.5 Å². The summed E-state index contributed by atoms with van der Waals surface area (Å²) in [5.74, 6) is -0.518. The molecule has 4 atom stereocenters. The lowest BCUT2D eigenvalue weighted by Crippen LogP contribution is -2.32. The summed E-state index contributed by atoms with van der Waals surface area (Å²) in [5.41, 5.74) is 3.30. The fourth-order valence-electron chi connectivity index (χ4n) is 4.01. The Morgan fingerprint density at radius 3 is 2.77 bits per heavy atom. The van der Waals surface area contributed by atoms with Crippen LogP contribution in [0.5, 0.6) is 0 Å². The predicted molar refractivity (Wildman–Crippen MR) is 103 cm³/mol. The summed E-state index contributed by atoms with van der Waals surface area (Å²) in [6.07, 6.45) is -0.754. The molecule has 1 aliphatic carbocycles. The molecule has 1 aromatic carbocycles. The van der Waals surface area contributed by atoms with Crippen molar-refractivity contribution in [3.05, 3.63) is 57.6 Å². The molecule has 1 heterocycles. The zero-order chi connectivity index (χ0) is 19.0. The summed E-state index contributed by atoms with van der Waals surface area (Å²) in [5, 5.41) is 0. The second kappa shape index (κ2) is 7.49. The number of hydrogen-bond acceptors (Lipinski definition) is 4. The molecule has 0 unspecified atom stereocenters. The average molecular weight is 419 g/mol. The Bertz CT molecular complexity index is 795. The summed E-state index contributed by atoms with van der Waals surface area (Å²) in [7, 11) is 0. The molecule has 3 rings (SSSR count). The van der Waals surface area contributed by atoms with Gasteiger partial charge in [0, 0.05) is 16.8 Å². The quantitative estimate of drug-likeness (QED) is 0.531. The first-order valence-electron chi connectivity index (χ1n) is 8.82. The van der Waals surface area contributed by atoms with E-state index >= 15 is 0 Å². The van der Waals surface area contributed by atoms with Crippen molar-refractivity contribution in [1.29, 1.82) is 0 Å². The Morgan fingerprint density at radius 2 is 2.15 bits per heavy atom. The van der Waals surface area contributed by atoms with Gasteiger partial charge in [-0.15, -0.1) is 0 Å². The van der Waals surface area contributed by atoms with Gasteiger partial charge in [-0.25, -0.2) is 4.79 Å². The first kappa shape index (κ1) is 19.1. The molecule has 138 valence electrons. The Morgan fingerprint density at radius 1 is 1.42 bits per heavy atom. The number of rotatable bonds is 4. The third-order valence-electron chi connectivity index (χ3n) is 5.25. The molecule has 0 N–H and O–H groups in total. The molecule has 5 heteroatoms. The molecule has 0 spiro atoms. The van der Waals surface area contributed by atoms with Crippen LogP contribution in [0.4, 0.5) is 0 Å². The lowest BCUT2D eigenvalue weighted by molar-refractivity contribution is -0.154. The number of ketones is 1. The van der Waals surface area contributed by atoms with Gasteiger partial charge in [-0.05, 0) is 55.5 Å². The van der Waals surface area contributed by atoms with Gasteiger partial charge >= 0.3 is 5.97 Å². The second-order valence-electron chi connectivity index (χ2n) is 6.93. The highest BCUT2D eigenvalue weighted by Crippen LogP contribution is 2.52. The molecule has 1 fully saturated rings. The van der Waals surface area contributed by atoms with E-state index in [1.54, 1.807) is 13.8 Å². The summed E-state index contributed by atoms with van der Waals surface area (Å²) in [6.45, 7) is 9.86. The van der Waals surface area contributed by atoms with Crippen molar-refractivity contribution < 1.29 is 19.1 Å². The highest BCUT2D eigenvalue weighted by molar-refractivity contribution is 9.10. The maximum Gasteiger partial charge on any atom is 0.339 e. The van der Waals surface area contributed by atoms with Gasteiger partial charge in [0.15, 0.2) is 11.9 Å². The minimum Gasteiger partial charge on any atom is -0.464 e. The first-order valence-corrected chi connectivity index (χ1v) is 9.61. The molecule has 0 radical (unpaired) electrons. The van der Waals surface area contributed by atoms with Crippen molar-refractivity contribution in [2.75, 3.05) is 6.61 Å². The van der Waals surface area contributed by atoms with E-state index in [2.05, 4.69) is 22.5 Å². The van der Waals surface area contributed by atoms with Crippen LogP contribution in [0.2, 0.25) is 0 Å². The van der Waals surface area contributed by atoms with E-state index in [4.69, 9.17) is 9.47 Å². The van der Waals surface area contributed by atoms with Crippen LogP contribution in [0.25, 0.3) is 0 Å². The van der Waals surface area contributed by atoms with Crippen molar-refractivity contribution in [2.24, 2.45) is 11.8 Å². The number of halogens is 1. The van der Waals surface area contributed by atoms with Crippen LogP contribution in [0.1, 0.15) is 38.9 Å². The van der Waals surface area contributed by atoms with Crippen molar-refractivity contribution in [3.8, 4) is 0 Å². The van der Waals surface area contributed by atoms with E-state index in [9.17, 15) is 9.59 Å². The number of carbonyl (C=O) groups excluding carboxylic acids is 2. The first-order chi connectivity index (χ1) is 12.3. The van der Waals surface area contributed by atoms with Crippen molar-refractivity contribution in [1.82, 2.24) is 0 Å². The monoisotopic (exact) mass is 418 g/mol. The average Bonchev–Trinajstić information content (AvgIpc) is 2.99. The summed E-state index contributed by atoms with van der Waals surface area (Å²) >= 11 is 3.50. The summed E-state index contributed by atoms with van der Waals surface area (Å²) in [6, 6.07) is 7.88. The molecule has 0 amide bonds. The minimum atomic E-state index is -0.838. The lowest BCUT2D eigenvalue weighted by Gasteiger charge is -2.33. The van der Waals surface area contributed by atoms with Crippen LogP contribution >= 0.6 is 15.9 Å². The number of allylic oxidation sites excluding steroid dienone is 2. The van der Waals surface area contributed by atoms with Crippen LogP contribution in [0.3, 0.4) is 0 Å². The number of ether oxygens (including phenoxy) is 2. The van der Waals surface area contributed by atoms with E-state index < -0.39 is 12.1 Å². The molecule has 1 saturated heterocycles. The minimum absolute atomic E-state index is 0.0513. The van der Waals surface area contributed by atoms with E-state index in [1.807, 2.05) is 31.2 Å². The molecule has 1 aromatic rings. The highest BCUT2D eigenvalue weighted by atomic mass is 79.9. The maximum absolute atomic E-state index is 12.6. The summed E-state index contributed by atoms with van der Waals surface area (Å²) < 4.78 is 12.4. The summed E-state index contributed by atoms with van der Waals surface area (Å²) in [4.78, 5) is 25.1. The molecule has 0 aromatic heterocycles. The second-order valence-corrected chi connectivity index (χ2v) is 7.85. The Kier molecular flexibility index (Phi) is 5.49. The topological polar surface area (TPSA) is 52.6 Å². The van der Waals surface area contributed by atoms with Crippen LogP contribution in [0, 0.1) is 11.8 Å². The van der Waals surface area contributed by atoms with Gasteiger partial charge in [0.1, 0.15) is 0 Å². The fraction of sp³-hybridized carbons (Fsp3) is 0.429. The van der Waals surface area contributed by atoms with Crippen molar-refractivity contribution in [2.45, 2.75) is 39.4 Å². The van der Waals surface area contributed by atoms with Gasteiger partial charge < -0.3 is 9.47 Å². The third-order valence-corrected chi connectivity index (χ3v) is 5.74. The molecular formula is C21H23BrO4. The zero-order valence-electron chi connectivity index (χ0n) is 15.3. The fourth-order valence-corrected chi connectivity index (χ4v) is 4.43. The van der Waals surface area contributed by atoms with E-state index in [-0.39, 0.29) is 30.3 Å². The van der Waals surface area contributed by atoms with Gasteiger partial charge in [-0.2, -0.15) is 0 Å². The smallest absolute Gasteiger partial charge is 0.339 e. The predicted octanol–water partition coefficient (Wildman–Crippen LogP) is 4.55. The number of hydrogen-bond donors (Lipinski definition) is 0. The third kappa shape index (κ3) is 3.30. The lowest BCUT2D eigenvalue weighted by atomic mass is 9.69. The molecule has 26 heavy (non-hydrogen) atoms. The van der Waals surface area contributed by atoms with E-state index in [0.717, 1.165) is 21.2 Å². The normalized spacial score (nSPS) is 28.1. The van der Waals surface area contributed by atoms with Gasteiger partial charge in [-0.1, -0.05) is 40.2 Å². The Hall–Kier alpha value is -1.72. The molecule has 0 bridgehead atoms. The molecule has 4 nitrogen and oxygen atoms in total. The standard InChI is InChI=1S/C21H23BrO4/c1-5-25-21(24)20-17-12(4)16(23)10-15(11(2)3)18(17)19(26-20)13-7-6-8-14(22)9-13/h6-9,15,18-20H,2,5,10H2,1,3-4H3/t15-,18-,19+,20+/m1/s1. The van der Waals surface area contributed by atoms with Gasteiger partial charge in [0.05, 0.1) is 12.7 Å². The number of benzene rings is 1. The number of esters is 1. The van der Waals surface area contributed by atoms with Gasteiger partial charge in [0.25, 0.3) is 0 Å². The van der Waals surface area contributed by atoms with Crippen LogP contribution in [0.15, 0.2) is 52.0 Å². The molecular weight excluding hydrogens is 396 g/mol. The van der Waals surface area contributed by atoms with Gasteiger partial charge in [-0.3, -0.25) is 4.79 Å². The molecule has 2 aliphatic rings.